The number of fused-ring (bicyclic) bond motifs is 1. The third kappa shape index (κ3) is 5.26. The number of rotatable bonds is 8. The zero-order valence-electron chi connectivity index (χ0n) is 19.2. The lowest BCUT2D eigenvalue weighted by atomic mass is 10.1. The van der Waals surface area contributed by atoms with Gasteiger partial charge in [-0.05, 0) is 29.8 Å². The Bertz CT molecular complexity index is 1290. The molecule has 0 fully saturated rings. The molecule has 0 aliphatic carbocycles. The van der Waals surface area contributed by atoms with E-state index in [1.54, 1.807) is 16.7 Å². The molecular formula is C25H26F3N3O2Si. The van der Waals surface area contributed by atoms with E-state index in [-0.39, 0.29) is 24.0 Å². The zero-order chi connectivity index (χ0) is 24.5. The molecule has 2 aromatic heterocycles. The van der Waals surface area contributed by atoms with Crippen LogP contribution in [0.3, 0.4) is 0 Å². The normalized spacial score (nSPS) is 11.8. The number of nitrogens with two attached hydrogens (primary N) is 1. The summed E-state index contributed by atoms with van der Waals surface area (Å²) in [6, 6.07) is 10.5. The summed E-state index contributed by atoms with van der Waals surface area (Å²) in [7, 11) is -1.25. The fourth-order valence-electron chi connectivity index (χ4n) is 3.55. The molecule has 0 radical (unpaired) electrons. The molecule has 4 rings (SSSR count). The Morgan fingerprint density at radius 3 is 2.32 bits per heavy atom. The minimum absolute atomic E-state index is 0.0455. The van der Waals surface area contributed by atoms with E-state index in [0.29, 0.717) is 28.8 Å². The lowest BCUT2D eigenvalue weighted by Gasteiger charge is -2.15. The van der Waals surface area contributed by atoms with Gasteiger partial charge in [-0.15, -0.1) is 0 Å². The van der Waals surface area contributed by atoms with Gasteiger partial charge < -0.3 is 19.8 Å². The van der Waals surface area contributed by atoms with Crippen LogP contribution in [0.1, 0.15) is 0 Å². The molecule has 0 atom stereocenters. The maximum atomic E-state index is 14.4. The van der Waals surface area contributed by atoms with Gasteiger partial charge in [0, 0.05) is 50.5 Å². The third-order valence-corrected chi connectivity index (χ3v) is 7.04. The van der Waals surface area contributed by atoms with Crippen molar-refractivity contribution in [2.75, 3.05) is 12.3 Å². The van der Waals surface area contributed by atoms with Gasteiger partial charge in [-0.25, -0.2) is 18.2 Å². The lowest BCUT2D eigenvalue weighted by Crippen LogP contribution is -2.22. The van der Waals surface area contributed by atoms with Crippen LogP contribution in [-0.2, 0) is 11.5 Å². The van der Waals surface area contributed by atoms with Crippen molar-refractivity contribution in [2.45, 2.75) is 32.4 Å². The summed E-state index contributed by atoms with van der Waals surface area (Å²) in [5.74, 6) is -2.57. The highest BCUT2D eigenvalue weighted by molar-refractivity contribution is 6.76. The van der Waals surface area contributed by atoms with Crippen molar-refractivity contribution >= 4 is 24.8 Å². The maximum Gasteiger partial charge on any atom is 0.198 e. The van der Waals surface area contributed by atoms with Crippen LogP contribution >= 0.6 is 0 Å². The Morgan fingerprint density at radius 1 is 1.00 bits per heavy atom. The number of halogens is 3. The van der Waals surface area contributed by atoms with Crippen LogP contribution < -0.4 is 10.5 Å². The number of nitrogens with zero attached hydrogens (tertiary/aromatic N) is 2. The number of pyridine rings is 1. The van der Waals surface area contributed by atoms with E-state index in [1.165, 1.54) is 24.4 Å². The summed E-state index contributed by atoms with van der Waals surface area (Å²) >= 11 is 0. The van der Waals surface area contributed by atoms with Crippen LogP contribution in [0.25, 0.3) is 22.2 Å². The van der Waals surface area contributed by atoms with Crippen molar-refractivity contribution in [3.8, 4) is 22.6 Å². The largest absolute Gasteiger partial charge is 0.450 e. The third-order valence-electron chi connectivity index (χ3n) is 5.33. The van der Waals surface area contributed by atoms with E-state index in [1.807, 2.05) is 6.20 Å². The van der Waals surface area contributed by atoms with E-state index in [0.717, 1.165) is 18.2 Å². The number of hydrogen-bond acceptors (Lipinski definition) is 4. The maximum absolute atomic E-state index is 14.4. The standard InChI is InChI=1S/C25H26F3N3O2Si/c1-34(2,3)11-10-32-15-31-14-19(16-4-6-17(26)7-5-16)23-22(8-9-30-25(23)31)33-24-20(27)12-18(29)13-21(24)28/h4-9,12-14H,10-11,15,29H2,1-3H3. The Kier molecular flexibility index (Phi) is 6.67. The van der Waals surface area contributed by atoms with Crippen molar-refractivity contribution in [2.24, 2.45) is 0 Å². The van der Waals surface area contributed by atoms with Gasteiger partial charge in [0.15, 0.2) is 17.4 Å². The summed E-state index contributed by atoms with van der Waals surface area (Å²) in [5, 5.41) is 0.526. The minimum atomic E-state index is -1.25. The summed E-state index contributed by atoms with van der Waals surface area (Å²) in [6.45, 7) is 7.67. The van der Waals surface area contributed by atoms with Crippen LogP contribution in [0.15, 0.2) is 54.9 Å². The van der Waals surface area contributed by atoms with Crippen molar-refractivity contribution in [1.29, 1.82) is 0 Å². The molecule has 0 bridgehead atoms. The van der Waals surface area contributed by atoms with Crippen molar-refractivity contribution in [3.05, 3.63) is 72.3 Å². The second-order valence-corrected chi connectivity index (χ2v) is 14.9. The Labute approximate surface area is 197 Å². The molecule has 5 nitrogen and oxygen atoms in total. The van der Waals surface area contributed by atoms with Gasteiger partial charge in [0.1, 0.15) is 23.9 Å². The number of aromatic nitrogens is 2. The Hall–Kier alpha value is -3.30. The molecule has 0 unspecified atom stereocenters. The highest BCUT2D eigenvalue weighted by atomic mass is 28.3. The van der Waals surface area contributed by atoms with Gasteiger partial charge in [0.25, 0.3) is 0 Å². The molecule has 0 saturated carbocycles. The quantitative estimate of drug-likeness (QED) is 0.169. The molecule has 0 spiro atoms. The first-order valence-electron chi connectivity index (χ1n) is 10.9. The van der Waals surface area contributed by atoms with E-state index >= 15 is 0 Å². The summed E-state index contributed by atoms with van der Waals surface area (Å²) < 4.78 is 55.9. The zero-order valence-corrected chi connectivity index (χ0v) is 20.2. The van der Waals surface area contributed by atoms with Gasteiger partial charge in [-0.2, -0.15) is 0 Å². The molecule has 4 aromatic rings. The first-order valence-corrected chi connectivity index (χ1v) is 14.6. The highest BCUT2D eigenvalue weighted by Gasteiger charge is 2.20. The second-order valence-electron chi connectivity index (χ2n) is 9.29. The number of nitrogen functional groups attached to an aromatic ring is 1. The van der Waals surface area contributed by atoms with Crippen LogP contribution in [0.2, 0.25) is 25.7 Å². The first-order chi connectivity index (χ1) is 16.1. The van der Waals surface area contributed by atoms with Gasteiger partial charge in [-0.1, -0.05) is 31.8 Å². The number of ether oxygens (including phenoxy) is 2. The molecule has 0 saturated heterocycles. The van der Waals surface area contributed by atoms with E-state index in [2.05, 4.69) is 24.6 Å². The number of benzene rings is 2. The molecule has 0 amide bonds. The molecule has 0 aliphatic heterocycles. The average molecular weight is 486 g/mol. The van der Waals surface area contributed by atoms with Crippen molar-refractivity contribution in [3.63, 3.8) is 0 Å². The lowest BCUT2D eigenvalue weighted by molar-refractivity contribution is 0.0899. The summed E-state index contributed by atoms with van der Waals surface area (Å²) in [5.41, 5.74) is 7.36. The predicted octanol–water partition coefficient (Wildman–Crippen LogP) is 6.81. The average Bonchev–Trinajstić information content (AvgIpc) is 3.13. The fraction of sp³-hybridized carbons (Fsp3) is 0.240. The van der Waals surface area contributed by atoms with E-state index in [4.69, 9.17) is 15.2 Å². The molecule has 0 aliphatic rings. The van der Waals surface area contributed by atoms with E-state index < -0.39 is 25.5 Å². The number of hydrogen-bond donors (Lipinski definition) is 1. The van der Waals surface area contributed by atoms with Crippen LogP contribution in [-0.4, -0.2) is 24.2 Å². The molecular weight excluding hydrogens is 459 g/mol. The minimum Gasteiger partial charge on any atom is -0.450 e. The highest BCUT2D eigenvalue weighted by Crippen LogP contribution is 2.39. The van der Waals surface area contributed by atoms with E-state index in [9.17, 15) is 13.2 Å². The Balaban J connectivity index is 1.78. The second kappa shape index (κ2) is 9.52. The van der Waals surface area contributed by atoms with Crippen LogP contribution in [0.4, 0.5) is 18.9 Å². The summed E-state index contributed by atoms with van der Waals surface area (Å²) in [4.78, 5) is 4.46. The van der Waals surface area contributed by atoms with Crippen LogP contribution in [0, 0.1) is 17.5 Å². The Morgan fingerprint density at radius 2 is 1.68 bits per heavy atom. The van der Waals surface area contributed by atoms with Gasteiger partial charge in [-0.3, -0.25) is 0 Å². The fourth-order valence-corrected chi connectivity index (χ4v) is 4.30. The molecule has 2 heterocycles. The molecule has 34 heavy (non-hydrogen) atoms. The number of anilines is 1. The SMILES string of the molecule is C[Si](C)(C)CCOCn1cc(-c2ccc(F)cc2)c2c(Oc3c(F)cc(N)cc3F)ccnc21. The van der Waals surface area contributed by atoms with Crippen LogP contribution in [0.5, 0.6) is 11.5 Å². The molecule has 2 N–H and O–H groups in total. The molecule has 9 heteroatoms. The van der Waals surface area contributed by atoms with Gasteiger partial charge in [0.05, 0.1) is 5.39 Å². The van der Waals surface area contributed by atoms with Crippen molar-refractivity contribution < 1.29 is 22.6 Å². The first kappa shape index (κ1) is 23.8. The monoisotopic (exact) mass is 485 g/mol. The molecule has 2 aromatic carbocycles. The molecule has 178 valence electrons. The predicted molar refractivity (Wildman–Crippen MR) is 130 cm³/mol. The smallest absolute Gasteiger partial charge is 0.198 e. The topological polar surface area (TPSA) is 62.3 Å². The van der Waals surface area contributed by atoms with Gasteiger partial charge >= 0.3 is 0 Å². The van der Waals surface area contributed by atoms with Crippen molar-refractivity contribution in [1.82, 2.24) is 9.55 Å². The summed E-state index contributed by atoms with van der Waals surface area (Å²) in [6.07, 6.45) is 3.32. The van der Waals surface area contributed by atoms with Gasteiger partial charge in [0.2, 0.25) is 0 Å².